The smallest absolute Gasteiger partial charge is 0.185 e. The quantitative estimate of drug-likeness (QED) is 0.641. The number of ether oxygens (including phenoxy) is 3. The molecule has 0 saturated carbocycles. The highest BCUT2D eigenvalue weighted by atomic mass is 16.6. The summed E-state index contributed by atoms with van der Waals surface area (Å²) in [7, 11) is 1.62. The summed E-state index contributed by atoms with van der Waals surface area (Å²) in [6, 6.07) is 12.7. The fourth-order valence-corrected chi connectivity index (χ4v) is 2.18. The van der Waals surface area contributed by atoms with Gasteiger partial charge in [0.2, 0.25) is 0 Å². The summed E-state index contributed by atoms with van der Waals surface area (Å²) < 4.78 is 16.0. The Balaban J connectivity index is 1.74. The van der Waals surface area contributed by atoms with E-state index in [0.29, 0.717) is 30.3 Å². The average Bonchev–Trinajstić information content (AvgIpc) is 2.59. The van der Waals surface area contributed by atoms with Crippen LogP contribution in [-0.4, -0.2) is 26.1 Å². The SMILES string of the molecule is COc1ccc(C=CC(=O)c2ccc3c(c2)OCCO3)cc1. The van der Waals surface area contributed by atoms with Gasteiger partial charge < -0.3 is 14.2 Å². The number of carbonyl (C=O) groups excluding carboxylic acids is 1. The van der Waals surface area contributed by atoms with E-state index in [0.717, 1.165) is 11.3 Å². The number of benzene rings is 2. The fourth-order valence-electron chi connectivity index (χ4n) is 2.18. The zero-order valence-electron chi connectivity index (χ0n) is 12.2. The first kappa shape index (κ1) is 14.2. The van der Waals surface area contributed by atoms with Gasteiger partial charge in [-0.3, -0.25) is 4.79 Å². The van der Waals surface area contributed by atoms with Crippen LogP contribution in [0.4, 0.5) is 0 Å². The highest BCUT2D eigenvalue weighted by Crippen LogP contribution is 2.31. The summed E-state index contributed by atoms with van der Waals surface area (Å²) in [4.78, 5) is 12.2. The van der Waals surface area contributed by atoms with Crippen LogP contribution in [0.15, 0.2) is 48.5 Å². The molecule has 0 radical (unpaired) electrons. The van der Waals surface area contributed by atoms with Crippen molar-refractivity contribution >= 4 is 11.9 Å². The van der Waals surface area contributed by atoms with Crippen molar-refractivity contribution < 1.29 is 19.0 Å². The number of fused-ring (bicyclic) bond motifs is 1. The van der Waals surface area contributed by atoms with Gasteiger partial charge in [0.1, 0.15) is 19.0 Å². The molecule has 0 amide bonds. The van der Waals surface area contributed by atoms with Crippen LogP contribution in [0.5, 0.6) is 17.2 Å². The third kappa shape index (κ3) is 3.11. The van der Waals surface area contributed by atoms with Crippen molar-refractivity contribution in [3.8, 4) is 17.2 Å². The second-order valence-corrected chi connectivity index (χ2v) is 4.83. The third-order valence-corrected chi connectivity index (χ3v) is 3.37. The van der Waals surface area contributed by atoms with Gasteiger partial charge in [0.25, 0.3) is 0 Å². The Bertz CT molecular complexity index is 702. The van der Waals surface area contributed by atoms with E-state index in [-0.39, 0.29) is 5.78 Å². The fraction of sp³-hybridized carbons (Fsp3) is 0.167. The monoisotopic (exact) mass is 296 g/mol. The van der Waals surface area contributed by atoms with Gasteiger partial charge in [-0.25, -0.2) is 0 Å². The zero-order valence-corrected chi connectivity index (χ0v) is 12.2. The standard InChI is InChI=1S/C18H16O4/c1-20-15-6-2-13(3-7-15)4-8-16(19)14-5-9-17-18(12-14)22-11-10-21-17/h2-9,12H,10-11H2,1H3. The molecule has 0 spiro atoms. The summed E-state index contributed by atoms with van der Waals surface area (Å²) in [5.41, 5.74) is 1.51. The van der Waals surface area contributed by atoms with Crippen molar-refractivity contribution in [3.05, 3.63) is 59.7 Å². The second kappa shape index (κ2) is 6.35. The van der Waals surface area contributed by atoms with Gasteiger partial charge in [-0.1, -0.05) is 18.2 Å². The van der Waals surface area contributed by atoms with Crippen LogP contribution in [0.1, 0.15) is 15.9 Å². The Hall–Kier alpha value is -2.75. The van der Waals surface area contributed by atoms with Crippen LogP contribution in [-0.2, 0) is 0 Å². The number of hydrogen-bond donors (Lipinski definition) is 0. The van der Waals surface area contributed by atoms with Crippen LogP contribution in [0, 0.1) is 0 Å². The maximum Gasteiger partial charge on any atom is 0.185 e. The number of methoxy groups -OCH3 is 1. The molecular weight excluding hydrogens is 280 g/mol. The second-order valence-electron chi connectivity index (χ2n) is 4.83. The largest absolute Gasteiger partial charge is 0.497 e. The maximum atomic E-state index is 12.2. The van der Waals surface area contributed by atoms with Crippen molar-refractivity contribution in [2.75, 3.05) is 20.3 Å². The van der Waals surface area contributed by atoms with E-state index in [4.69, 9.17) is 14.2 Å². The molecular formula is C18H16O4. The first-order valence-electron chi connectivity index (χ1n) is 7.02. The molecule has 1 heterocycles. The minimum Gasteiger partial charge on any atom is -0.497 e. The summed E-state index contributed by atoms with van der Waals surface area (Å²) in [6.45, 7) is 1.05. The van der Waals surface area contributed by atoms with Crippen molar-refractivity contribution in [2.45, 2.75) is 0 Å². The van der Waals surface area contributed by atoms with Crippen molar-refractivity contribution in [1.82, 2.24) is 0 Å². The first-order chi connectivity index (χ1) is 10.8. The summed E-state index contributed by atoms with van der Waals surface area (Å²) >= 11 is 0. The lowest BCUT2D eigenvalue weighted by Crippen LogP contribution is -2.15. The van der Waals surface area contributed by atoms with Crippen LogP contribution in [0.3, 0.4) is 0 Å². The summed E-state index contributed by atoms with van der Waals surface area (Å²) in [6.07, 6.45) is 3.33. The molecule has 2 aromatic carbocycles. The number of carbonyl (C=O) groups is 1. The van der Waals surface area contributed by atoms with E-state index >= 15 is 0 Å². The van der Waals surface area contributed by atoms with Crippen LogP contribution < -0.4 is 14.2 Å². The highest BCUT2D eigenvalue weighted by molar-refractivity contribution is 6.07. The molecule has 0 unspecified atom stereocenters. The predicted octanol–water partition coefficient (Wildman–Crippen LogP) is 3.36. The van der Waals surface area contributed by atoms with Gasteiger partial charge in [0.15, 0.2) is 17.3 Å². The molecule has 0 bridgehead atoms. The van der Waals surface area contributed by atoms with E-state index in [1.165, 1.54) is 0 Å². The lowest BCUT2D eigenvalue weighted by molar-refractivity contribution is 0.104. The van der Waals surface area contributed by atoms with Gasteiger partial charge >= 0.3 is 0 Å². The zero-order chi connectivity index (χ0) is 15.4. The molecule has 3 rings (SSSR count). The van der Waals surface area contributed by atoms with Crippen LogP contribution in [0.25, 0.3) is 6.08 Å². The summed E-state index contributed by atoms with van der Waals surface area (Å²) in [5, 5.41) is 0. The van der Waals surface area contributed by atoms with Gasteiger partial charge in [-0.15, -0.1) is 0 Å². The van der Waals surface area contributed by atoms with E-state index in [9.17, 15) is 4.79 Å². The lowest BCUT2D eigenvalue weighted by Gasteiger charge is -2.18. The third-order valence-electron chi connectivity index (χ3n) is 3.37. The molecule has 112 valence electrons. The molecule has 1 aliphatic heterocycles. The Morgan fingerprint density at radius 2 is 1.77 bits per heavy atom. The molecule has 0 aliphatic carbocycles. The molecule has 0 fully saturated rings. The van der Waals surface area contributed by atoms with E-state index < -0.39 is 0 Å². The molecule has 0 atom stereocenters. The normalized spacial score (nSPS) is 13.1. The molecule has 2 aromatic rings. The van der Waals surface area contributed by atoms with Crippen LogP contribution >= 0.6 is 0 Å². The molecule has 0 saturated heterocycles. The molecule has 1 aliphatic rings. The Morgan fingerprint density at radius 1 is 1.05 bits per heavy atom. The van der Waals surface area contributed by atoms with Gasteiger partial charge in [0.05, 0.1) is 7.11 Å². The van der Waals surface area contributed by atoms with Gasteiger partial charge in [0, 0.05) is 5.56 Å². The van der Waals surface area contributed by atoms with E-state index in [1.54, 1.807) is 37.5 Å². The molecule has 4 nitrogen and oxygen atoms in total. The molecule has 22 heavy (non-hydrogen) atoms. The predicted molar refractivity (Wildman–Crippen MR) is 83.8 cm³/mol. The topological polar surface area (TPSA) is 44.8 Å². The van der Waals surface area contributed by atoms with E-state index in [1.807, 2.05) is 24.3 Å². The van der Waals surface area contributed by atoms with Gasteiger partial charge in [-0.05, 0) is 42.0 Å². The number of rotatable bonds is 4. The summed E-state index contributed by atoms with van der Waals surface area (Å²) in [5.74, 6) is 2.01. The highest BCUT2D eigenvalue weighted by Gasteiger charge is 2.13. The number of allylic oxidation sites excluding steroid dienone is 1. The average molecular weight is 296 g/mol. The van der Waals surface area contributed by atoms with Crippen molar-refractivity contribution in [1.29, 1.82) is 0 Å². The molecule has 0 aromatic heterocycles. The lowest BCUT2D eigenvalue weighted by atomic mass is 10.1. The van der Waals surface area contributed by atoms with E-state index in [2.05, 4.69) is 0 Å². The molecule has 0 N–H and O–H groups in total. The number of hydrogen-bond acceptors (Lipinski definition) is 4. The maximum absolute atomic E-state index is 12.2. The van der Waals surface area contributed by atoms with Crippen molar-refractivity contribution in [2.24, 2.45) is 0 Å². The Morgan fingerprint density at radius 3 is 2.50 bits per heavy atom. The van der Waals surface area contributed by atoms with Crippen molar-refractivity contribution in [3.63, 3.8) is 0 Å². The minimum atomic E-state index is -0.0761. The number of ketones is 1. The first-order valence-corrected chi connectivity index (χ1v) is 7.02. The molecule has 4 heteroatoms. The van der Waals surface area contributed by atoms with Crippen LogP contribution in [0.2, 0.25) is 0 Å². The minimum absolute atomic E-state index is 0.0761. The Labute approximate surface area is 128 Å². The Kier molecular flexibility index (Phi) is 4.10. The van der Waals surface area contributed by atoms with Gasteiger partial charge in [-0.2, -0.15) is 0 Å².